The maximum atomic E-state index is 6.64. The second-order valence-electron chi connectivity index (χ2n) is 16.1. The molecule has 282 valence electrons. The van der Waals surface area contributed by atoms with Gasteiger partial charge in [-0.05, 0) is 99.3 Å². The van der Waals surface area contributed by atoms with Crippen LogP contribution in [-0.4, -0.2) is 29.1 Å². The van der Waals surface area contributed by atoms with Gasteiger partial charge in [0.1, 0.15) is 5.82 Å². The topological polar surface area (TPSA) is 62.7 Å². The molecule has 0 radical (unpaired) electrons. The molecule has 0 N–H and O–H groups in total. The van der Waals surface area contributed by atoms with E-state index in [-0.39, 0.29) is 26.5 Å². The van der Waals surface area contributed by atoms with Crippen LogP contribution in [0.2, 0.25) is 0 Å². The summed E-state index contributed by atoms with van der Waals surface area (Å²) in [7, 11) is 0. The van der Waals surface area contributed by atoms with Crippen molar-refractivity contribution < 1.29 is 25.8 Å². The van der Waals surface area contributed by atoms with Crippen LogP contribution in [0, 0.1) is 60.6 Å². The summed E-state index contributed by atoms with van der Waals surface area (Å²) >= 11 is 0. The third kappa shape index (κ3) is 6.04. The summed E-state index contributed by atoms with van der Waals surface area (Å²) in [5, 5.41) is 14.1. The fraction of sp³-hybridized carbons (Fsp3) is 0.229. The van der Waals surface area contributed by atoms with E-state index in [1.165, 1.54) is 49.6 Å². The van der Waals surface area contributed by atoms with Gasteiger partial charge in [-0.2, -0.15) is 21.1 Å². The van der Waals surface area contributed by atoms with E-state index in [0.29, 0.717) is 11.5 Å². The van der Waals surface area contributed by atoms with Gasteiger partial charge in [-0.1, -0.05) is 68.2 Å². The van der Waals surface area contributed by atoms with Crippen LogP contribution in [-0.2, 0) is 26.5 Å². The number of nitrogens with zero attached hydrogens (tertiary/aromatic N) is 6. The van der Waals surface area contributed by atoms with Gasteiger partial charge in [0.15, 0.2) is 0 Å². The Bertz CT molecular complexity index is 2940. The average Bonchev–Trinajstić information content (AvgIpc) is 3.81. The van der Waals surface area contributed by atoms with Crippen molar-refractivity contribution in [1.82, 2.24) is 29.1 Å². The standard InChI is InChI=1S/C48H44N6O.Pt/c1-27-11-18-41-40(21-27)39-17-16-37(55-38-23-34(48(8,9)10)22-36(24-38)54-50-32(6)33(7)51-54)26-42(39)53(41)43-25-35(19-20-49-43)52-46-30(4)14-12-28(2)44(46)45-29(3)13-15-31(5)47(45)52;/h11-23,25H,1-10H3;/q-2;+2. The number of fused-ring (bicyclic) bond motifs is 6. The number of hydrogen-bond donors (Lipinski definition) is 0. The van der Waals surface area contributed by atoms with Gasteiger partial charge in [0.05, 0.1) is 28.1 Å². The second kappa shape index (κ2) is 13.6. The molecule has 0 bridgehead atoms. The number of hydrogen-bond acceptors (Lipinski definition) is 4. The summed E-state index contributed by atoms with van der Waals surface area (Å²) < 4.78 is 11.3. The Morgan fingerprint density at radius 2 is 1.25 bits per heavy atom. The first kappa shape index (κ1) is 37.4. The first-order valence-electron chi connectivity index (χ1n) is 18.9. The number of pyridine rings is 1. The van der Waals surface area contributed by atoms with Crippen molar-refractivity contribution in [3.8, 4) is 28.7 Å². The molecule has 0 aliphatic rings. The number of benzene rings is 5. The van der Waals surface area contributed by atoms with Crippen molar-refractivity contribution in [3.63, 3.8) is 0 Å². The van der Waals surface area contributed by atoms with Gasteiger partial charge in [0.25, 0.3) is 0 Å². The number of ether oxygens (including phenoxy) is 1. The Hall–Kier alpha value is -5.52. The fourth-order valence-corrected chi connectivity index (χ4v) is 7.98. The Labute approximate surface area is 342 Å². The van der Waals surface area contributed by atoms with E-state index in [2.05, 4.69) is 154 Å². The van der Waals surface area contributed by atoms with Crippen LogP contribution < -0.4 is 4.74 Å². The summed E-state index contributed by atoms with van der Waals surface area (Å²) in [5.41, 5.74) is 15.1. The van der Waals surface area contributed by atoms with Gasteiger partial charge in [-0.25, -0.2) is 4.98 Å². The molecule has 0 spiro atoms. The van der Waals surface area contributed by atoms with E-state index in [1.807, 2.05) is 32.2 Å². The second-order valence-corrected chi connectivity index (χ2v) is 16.1. The van der Waals surface area contributed by atoms with Crippen LogP contribution in [0.3, 0.4) is 0 Å². The molecule has 5 aromatic carbocycles. The van der Waals surface area contributed by atoms with Crippen molar-refractivity contribution in [2.24, 2.45) is 0 Å². The molecule has 0 saturated carbocycles. The molecule has 8 heteroatoms. The third-order valence-corrected chi connectivity index (χ3v) is 11.0. The summed E-state index contributed by atoms with van der Waals surface area (Å²) in [4.78, 5) is 6.67. The average molecular weight is 916 g/mol. The molecule has 0 amide bonds. The fourth-order valence-electron chi connectivity index (χ4n) is 7.98. The van der Waals surface area contributed by atoms with Gasteiger partial charge < -0.3 is 13.9 Å². The quantitative estimate of drug-likeness (QED) is 0.161. The Balaban J connectivity index is 0.00000441. The molecular formula is C48H44N6OPt. The minimum absolute atomic E-state index is 0. The summed E-state index contributed by atoms with van der Waals surface area (Å²) in [6.07, 6.45) is 1.92. The first-order valence-corrected chi connectivity index (χ1v) is 18.9. The van der Waals surface area contributed by atoms with E-state index in [1.54, 1.807) is 4.80 Å². The summed E-state index contributed by atoms with van der Waals surface area (Å²) in [6, 6.07) is 35.2. The van der Waals surface area contributed by atoms with Crippen molar-refractivity contribution in [2.75, 3.05) is 0 Å². The van der Waals surface area contributed by atoms with Crippen LogP contribution in [0.15, 0.2) is 85.1 Å². The molecule has 9 rings (SSSR count). The molecule has 4 aromatic heterocycles. The zero-order chi connectivity index (χ0) is 38.5. The van der Waals surface area contributed by atoms with Crippen molar-refractivity contribution in [3.05, 3.63) is 142 Å². The molecule has 0 aliphatic heterocycles. The monoisotopic (exact) mass is 915 g/mol. The van der Waals surface area contributed by atoms with Crippen LogP contribution in [0.5, 0.6) is 11.5 Å². The Morgan fingerprint density at radius 1 is 0.607 bits per heavy atom. The van der Waals surface area contributed by atoms with E-state index < -0.39 is 0 Å². The molecule has 0 saturated heterocycles. The van der Waals surface area contributed by atoms with Crippen molar-refractivity contribution in [1.29, 1.82) is 0 Å². The zero-order valence-corrected chi connectivity index (χ0v) is 35.8. The Morgan fingerprint density at radius 3 is 1.89 bits per heavy atom. The normalized spacial score (nSPS) is 12.0. The maximum absolute atomic E-state index is 6.64. The smallest absolute Gasteiger partial charge is 0.509 e. The molecule has 0 atom stereocenters. The third-order valence-electron chi connectivity index (χ3n) is 11.0. The number of aromatic nitrogens is 6. The summed E-state index contributed by atoms with van der Waals surface area (Å²) in [5.74, 6) is 1.96. The molecule has 9 aromatic rings. The molecule has 0 unspecified atom stereocenters. The molecule has 7 nitrogen and oxygen atoms in total. The van der Waals surface area contributed by atoms with E-state index in [0.717, 1.165) is 55.9 Å². The van der Waals surface area contributed by atoms with Crippen LogP contribution in [0.1, 0.15) is 65.5 Å². The van der Waals surface area contributed by atoms with Gasteiger partial charge >= 0.3 is 21.1 Å². The van der Waals surface area contributed by atoms with E-state index >= 15 is 0 Å². The van der Waals surface area contributed by atoms with Gasteiger partial charge in [0, 0.05) is 40.1 Å². The first-order chi connectivity index (χ1) is 26.3. The Kier molecular flexibility index (Phi) is 9.08. The predicted molar refractivity (Wildman–Crippen MR) is 224 cm³/mol. The van der Waals surface area contributed by atoms with Crippen LogP contribution in [0.25, 0.3) is 60.8 Å². The van der Waals surface area contributed by atoms with Gasteiger partial charge in [0.2, 0.25) is 0 Å². The SMILES string of the molecule is Cc1ccc2c(c1)c1ccc(Oc3[c-]c(-n4nc(C)c(C)n4)cc(C(C)(C)C)c3)[c-]c1n2-c1cc(-n2c3c(C)ccc(C)c3c3c(C)ccc(C)c32)ccn1.[Pt+2]. The van der Waals surface area contributed by atoms with Gasteiger partial charge in [-0.3, -0.25) is 0 Å². The van der Waals surface area contributed by atoms with Crippen LogP contribution in [0.4, 0.5) is 0 Å². The van der Waals surface area contributed by atoms with E-state index in [4.69, 9.17) is 9.72 Å². The number of rotatable bonds is 5. The number of aryl methyl sites for hydroxylation is 7. The van der Waals surface area contributed by atoms with Gasteiger partial charge in [-0.15, -0.1) is 41.3 Å². The minimum Gasteiger partial charge on any atom is -0.509 e. The zero-order valence-electron chi connectivity index (χ0n) is 33.5. The molecule has 0 aliphatic carbocycles. The molecule has 56 heavy (non-hydrogen) atoms. The van der Waals surface area contributed by atoms with E-state index in [9.17, 15) is 0 Å². The van der Waals surface area contributed by atoms with Crippen molar-refractivity contribution >= 4 is 43.6 Å². The largest absolute Gasteiger partial charge is 2.00 e. The predicted octanol–water partition coefficient (Wildman–Crippen LogP) is 11.7. The van der Waals surface area contributed by atoms with Crippen molar-refractivity contribution in [2.45, 2.75) is 74.7 Å². The molecular weight excluding hydrogens is 872 g/mol. The van der Waals surface area contributed by atoms with Crippen LogP contribution >= 0.6 is 0 Å². The molecule has 0 fully saturated rings. The minimum atomic E-state index is -0.140. The molecule has 4 heterocycles. The maximum Gasteiger partial charge on any atom is 2.00 e. The summed E-state index contributed by atoms with van der Waals surface area (Å²) in [6.45, 7) is 21.5.